The minimum atomic E-state index is 0.272. The largest absolute Gasteiger partial charge is 0.489 e. The van der Waals surface area contributed by atoms with Gasteiger partial charge in [-0.3, -0.25) is 0 Å². The number of benzene rings is 1. The van der Waals surface area contributed by atoms with Gasteiger partial charge in [-0.2, -0.15) is 0 Å². The highest BCUT2D eigenvalue weighted by Gasteiger charge is 2.54. The molecule has 2 aliphatic carbocycles. The Balaban J connectivity index is 1.78. The third-order valence-corrected chi connectivity index (χ3v) is 5.46. The maximum atomic E-state index is 6.35. The average Bonchev–Trinajstić information content (AvgIpc) is 2.44. The van der Waals surface area contributed by atoms with Crippen LogP contribution in [0.25, 0.3) is 0 Å². The Morgan fingerprint density at radius 1 is 1.16 bits per heavy atom. The predicted octanol–water partition coefficient (Wildman–Crippen LogP) is 3.73. The predicted molar refractivity (Wildman–Crippen MR) is 78.4 cm³/mol. The van der Waals surface area contributed by atoms with E-state index >= 15 is 0 Å². The summed E-state index contributed by atoms with van der Waals surface area (Å²) in [5.41, 5.74) is 9.17. The molecule has 1 aromatic rings. The van der Waals surface area contributed by atoms with Gasteiger partial charge in [-0.25, -0.2) is 0 Å². The monoisotopic (exact) mass is 259 g/mol. The molecule has 0 amide bonds. The van der Waals surface area contributed by atoms with Crippen LogP contribution in [0.15, 0.2) is 18.2 Å². The number of aryl methyl sites for hydroxylation is 1. The topological polar surface area (TPSA) is 35.2 Å². The van der Waals surface area contributed by atoms with E-state index in [4.69, 9.17) is 10.5 Å². The fraction of sp³-hybridized carbons (Fsp3) is 0.647. The van der Waals surface area contributed by atoms with Crippen LogP contribution in [0, 0.1) is 19.3 Å². The minimum Gasteiger partial charge on any atom is -0.489 e. The third kappa shape index (κ3) is 2.06. The maximum Gasteiger partial charge on any atom is 0.122 e. The quantitative estimate of drug-likeness (QED) is 0.878. The van der Waals surface area contributed by atoms with Gasteiger partial charge in [0.2, 0.25) is 0 Å². The van der Waals surface area contributed by atoms with Gasteiger partial charge in [0.15, 0.2) is 0 Å². The van der Waals surface area contributed by atoms with E-state index < -0.39 is 0 Å². The summed E-state index contributed by atoms with van der Waals surface area (Å²) in [5, 5.41) is 0. The van der Waals surface area contributed by atoms with E-state index in [1.54, 1.807) is 0 Å². The van der Waals surface area contributed by atoms with Crippen molar-refractivity contribution in [3.8, 4) is 5.75 Å². The average molecular weight is 259 g/mol. The van der Waals surface area contributed by atoms with Crippen LogP contribution >= 0.6 is 0 Å². The number of hydrogen-bond acceptors (Lipinski definition) is 2. The molecule has 0 aromatic heterocycles. The zero-order valence-electron chi connectivity index (χ0n) is 12.1. The lowest BCUT2D eigenvalue weighted by Gasteiger charge is -2.56. The molecule has 1 spiro atoms. The number of nitrogens with two attached hydrogens (primary N) is 1. The first-order valence-corrected chi connectivity index (χ1v) is 7.62. The molecule has 0 radical (unpaired) electrons. The summed E-state index contributed by atoms with van der Waals surface area (Å²) in [5.74, 6) is 1.06. The van der Waals surface area contributed by atoms with E-state index in [0.717, 1.165) is 12.2 Å². The van der Waals surface area contributed by atoms with Crippen molar-refractivity contribution in [2.24, 2.45) is 11.1 Å². The molecular weight excluding hydrogens is 234 g/mol. The molecule has 2 aliphatic rings. The summed E-state index contributed by atoms with van der Waals surface area (Å²) in [6.45, 7) is 4.29. The van der Waals surface area contributed by atoms with Gasteiger partial charge >= 0.3 is 0 Å². The minimum absolute atomic E-state index is 0.272. The molecular formula is C17H25NO. The van der Waals surface area contributed by atoms with E-state index in [-0.39, 0.29) is 5.41 Å². The third-order valence-electron chi connectivity index (χ3n) is 5.46. The van der Waals surface area contributed by atoms with Crippen molar-refractivity contribution in [2.45, 2.75) is 64.5 Å². The molecule has 2 nitrogen and oxygen atoms in total. The molecule has 2 saturated carbocycles. The molecule has 0 aliphatic heterocycles. The van der Waals surface area contributed by atoms with E-state index in [2.05, 4.69) is 32.0 Å². The maximum absolute atomic E-state index is 6.35. The number of ether oxygens (including phenoxy) is 1. The number of hydrogen-bond donors (Lipinski definition) is 1. The molecule has 2 heteroatoms. The first-order chi connectivity index (χ1) is 9.13. The van der Waals surface area contributed by atoms with Crippen molar-refractivity contribution < 1.29 is 4.74 Å². The van der Waals surface area contributed by atoms with Crippen molar-refractivity contribution in [2.75, 3.05) is 0 Å². The summed E-state index contributed by atoms with van der Waals surface area (Å²) in [7, 11) is 0. The Kier molecular flexibility index (Phi) is 3.30. The Morgan fingerprint density at radius 2 is 1.89 bits per heavy atom. The second-order valence-corrected chi connectivity index (χ2v) is 6.44. The summed E-state index contributed by atoms with van der Waals surface area (Å²) in [4.78, 5) is 0. The van der Waals surface area contributed by atoms with Crippen molar-refractivity contribution in [1.29, 1.82) is 0 Å². The van der Waals surface area contributed by atoms with E-state index in [1.165, 1.54) is 43.2 Å². The van der Waals surface area contributed by atoms with Crippen LogP contribution in [0.1, 0.15) is 49.7 Å². The number of rotatable bonds is 2. The van der Waals surface area contributed by atoms with Gasteiger partial charge < -0.3 is 10.5 Å². The fourth-order valence-electron chi connectivity index (χ4n) is 3.85. The molecule has 2 fully saturated rings. The van der Waals surface area contributed by atoms with Crippen molar-refractivity contribution in [1.82, 2.24) is 0 Å². The molecule has 104 valence electrons. The SMILES string of the molecule is Cc1cccc(OC2CC(N)C23CCCCC3)c1C. The first-order valence-electron chi connectivity index (χ1n) is 7.62. The van der Waals surface area contributed by atoms with Crippen LogP contribution in [0.3, 0.4) is 0 Å². The summed E-state index contributed by atoms with van der Waals surface area (Å²) >= 11 is 0. The zero-order chi connectivity index (χ0) is 13.5. The van der Waals surface area contributed by atoms with Gasteiger partial charge in [-0.15, -0.1) is 0 Å². The molecule has 2 N–H and O–H groups in total. The van der Waals surface area contributed by atoms with Crippen molar-refractivity contribution in [3.63, 3.8) is 0 Å². The van der Waals surface area contributed by atoms with Gasteiger partial charge in [0.1, 0.15) is 11.9 Å². The molecule has 0 saturated heterocycles. The van der Waals surface area contributed by atoms with Gasteiger partial charge in [-0.1, -0.05) is 31.4 Å². The van der Waals surface area contributed by atoms with Crippen molar-refractivity contribution in [3.05, 3.63) is 29.3 Å². The lowest BCUT2D eigenvalue weighted by atomic mass is 9.55. The Hall–Kier alpha value is -1.02. The van der Waals surface area contributed by atoms with Gasteiger partial charge in [-0.05, 0) is 43.9 Å². The molecule has 2 atom stereocenters. The summed E-state index contributed by atoms with van der Waals surface area (Å²) in [6.07, 6.45) is 7.87. The van der Waals surface area contributed by atoms with Crippen LogP contribution in [-0.4, -0.2) is 12.1 Å². The van der Waals surface area contributed by atoms with Gasteiger partial charge in [0.25, 0.3) is 0 Å². The second kappa shape index (κ2) is 4.82. The van der Waals surface area contributed by atoms with Crippen LogP contribution in [0.4, 0.5) is 0 Å². The summed E-state index contributed by atoms with van der Waals surface area (Å²) in [6, 6.07) is 6.68. The van der Waals surface area contributed by atoms with E-state index in [9.17, 15) is 0 Å². The lowest BCUT2D eigenvalue weighted by molar-refractivity contribution is -0.0901. The fourth-order valence-corrected chi connectivity index (χ4v) is 3.85. The van der Waals surface area contributed by atoms with Gasteiger partial charge in [0, 0.05) is 17.9 Å². The van der Waals surface area contributed by atoms with Crippen LogP contribution in [0.2, 0.25) is 0 Å². The molecule has 19 heavy (non-hydrogen) atoms. The molecule has 0 bridgehead atoms. The molecule has 1 aromatic carbocycles. The highest BCUT2D eigenvalue weighted by molar-refractivity contribution is 5.38. The highest BCUT2D eigenvalue weighted by Crippen LogP contribution is 2.52. The molecule has 3 rings (SSSR count). The lowest BCUT2D eigenvalue weighted by Crippen LogP contribution is -2.64. The Labute approximate surface area is 116 Å². The van der Waals surface area contributed by atoms with Crippen LogP contribution < -0.4 is 10.5 Å². The Morgan fingerprint density at radius 3 is 2.58 bits per heavy atom. The second-order valence-electron chi connectivity index (χ2n) is 6.44. The van der Waals surface area contributed by atoms with Crippen LogP contribution in [0.5, 0.6) is 5.75 Å². The standard InChI is InChI=1S/C17H25NO/c1-12-7-6-8-14(13(12)2)19-16-11-15(18)17(16)9-4-3-5-10-17/h6-8,15-16H,3-5,9-11,18H2,1-2H3. The first kappa shape index (κ1) is 13.0. The molecule has 2 unspecified atom stereocenters. The van der Waals surface area contributed by atoms with Gasteiger partial charge in [0.05, 0.1) is 0 Å². The zero-order valence-corrected chi connectivity index (χ0v) is 12.1. The Bertz CT molecular complexity index is 462. The summed E-state index contributed by atoms with van der Waals surface area (Å²) < 4.78 is 6.35. The normalized spacial score (nSPS) is 29.0. The van der Waals surface area contributed by atoms with Crippen LogP contribution in [-0.2, 0) is 0 Å². The van der Waals surface area contributed by atoms with Crippen molar-refractivity contribution >= 4 is 0 Å². The van der Waals surface area contributed by atoms with E-state index in [0.29, 0.717) is 12.1 Å². The molecule has 0 heterocycles. The smallest absolute Gasteiger partial charge is 0.122 e. The van der Waals surface area contributed by atoms with E-state index in [1.807, 2.05) is 0 Å². The highest BCUT2D eigenvalue weighted by atomic mass is 16.5.